The van der Waals surface area contributed by atoms with Crippen LogP contribution in [-0.2, 0) is 24.0 Å². The van der Waals surface area contributed by atoms with Gasteiger partial charge in [0.05, 0.1) is 29.1 Å². The van der Waals surface area contributed by atoms with Crippen molar-refractivity contribution in [2.75, 3.05) is 18.1 Å². The fraction of sp³-hybridized carbons (Fsp3) is 0.379. The van der Waals surface area contributed by atoms with Crippen LogP contribution in [0.1, 0.15) is 56.5 Å². The standard InChI is InChI=1S/C20H20Cl2N2O5.C7H11NO4.C2H6/c1-11-5-3-4-6-17(11)24(18(27)10-25)9-16(12(2)26)23-20(29)13-7-14(21)19(28)15(22)8-13;1-2-6(10)8-5(4-9)3-7(11)12;1-2/h3-8,16,25,28H,9-10H2,1-2H3,(H,23,29);4-5H,2-3H2,1H3,(H,8,10)(H,11,12);1-2H3. The van der Waals surface area contributed by atoms with Gasteiger partial charge in [0.15, 0.2) is 11.5 Å². The van der Waals surface area contributed by atoms with E-state index in [4.69, 9.17) is 28.3 Å². The number of carbonyl (C=O) groups is 6. The number of aromatic hydroxyl groups is 1. The highest BCUT2D eigenvalue weighted by Gasteiger charge is 2.26. The van der Waals surface area contributed by atoms with Crippen LogP contribution >= 0.6 is 23.2 Å². The molecule has 0 aliphatic carbocycles. The lowest BCUT2D eigenvalue weighted by Gasteiger charge is -2.28. The third kappa shape index (κ3) is 13.2. The Hall–Kier alpha value is -4.00. The molecule has 0 aliphatic rings. The molecule has 2 aromatic carbocycles. The van der Waals surface area contributed by atoms with Gasteiger partial charge in [0.2, 0.25) is 5.91 Å². The van der Waals surface area contributed by atoms with Gasteiger partial charge >= 0.3 is 5.97 Å². The number of ketones is 1. The second kappa shape index (κ2) is 20.0. The van der Waals surface area contributed by atoms with E-state index in [1.54, 1.807) is 38.1 Å². The first-order chi connectivity index (χ1) is 20.2. The Morgan fingerprint density at radius 2 is 1.58 bits per heavy atom. The third-order valence-corrected chi connectivity index (χ3v) is 6.09. The maximum absolute atomic E-state index is 12.6. The van der Waals surface area contributed by atoms with Gasteiger partial charge in [-0.15, -0.1) is 0 Å². The van der Waals surface area contributed by atoms with Gasteiger partial charge in [-0.25, -0.2) is 0 Å². The highest BCUT2D eigenvalue weighted by atomic mass is 35.5. The average Bonchev–Trinajstić information content (AvgIpc) is 2.98. The first-order valence-electron chi connectivity index (χ1n) is 13.2. The van der Waals surface area contributed by atoms with Crippen molar-refractivity contribution in [1.82, 2.24) is 10.6 Å². The molecule has 0 aliphatic heterocycles. The number of Topliss-reactive ketones (excluding diaryl/α,β-unsaturated/α-hetero) is 1. The maximum Gasteiger partial charge on any atom is 0.305 e. The number of hydrogen-bond acceptors (Lipinski definition) is 8. The SMILES string of the molecule is CC.CC(=O)C(CN(C(=O)CO)c1ccccc1C)NC(=O)c1cc(Cl)c(O)c(Cl)c1.CCC(=O)NC(C=O)CC(=O)O. The summed E-state index contributed by atoms with van der Waals surface area (Å²) in [5.41, 5.74) is 1.32. The Balaban J connectivity index is 0.00000106. The van der Waals surface area contributed by atoms with Crippen LogP contribution in [0, 0.1) is 6.92 Å². The molecule has 2 rings (SSSR count). The van der Waals surface area contributed by atoms with Crippen molar-refractivity contribution in [2.45, 2.75) is 59.5 Å². The van der Waals surface area contributed by atoms with Crippen LogP contribution in [-0.4, -0.2) is 76.3 Å². The number of carboxylic acids is 1. The molecule has 0 bridgehead atoms. The minimum absolute atomic E-state index is 0.0416. The number of phenolic OH excluding ortho intramolecular Hbond substituents is 1. The number of anilines is 1. The molecule has 0 radical (unpaired) electrons. The van der Waals surface area contributed by atoms with Gasteiger partial charge < -0.3 is 35.6 Å². The van der Waals surface area contributed by atoms with E-state index in [-0.39, 0.29) is 46.7 Å². The Bertz CT molecular complexity index is 1260. The number of carboxylic acid groups (broad SMARTS) is 1. The van der Waals surface area contributed by atoms with E-state index in [2.05, 4.69) is 10.6 Å². The highest BCUT2D eigenvalue weighted by Crippen LogP contribution is 2.32. The van der Waals surface area contributed by atoms with Crippen LogP contribution in [0.4, 0.5) is 5.69 Å². The van der Waals surface area contributed by atoms with Crippen LogP contribution < -0.4 is 15.5 Å². The van der Waals surface area contributed by atoms with E-state index in [1.807, 2.05) is 13.8 Å². The smallest absolute Gasteiger partial charge is 0.305 e. The van der Waals surface area contributed by atoms with Gasteiger partial charge in [-0.05, 0) is 37.6 Å². The third-order valence-electron chi connectivity index (χ3n) is 5.51. The number of aryl methyl sites for hydroxylation is 1. The maximum atomic E-state index is 12.6. The molecule has 43 heavy (non-hydrogen) atoms. The molecule has 12 nitrogen and oxygen atoms in total. The molecule has 0 aromatic heterocycles. The molecular weight excluding hydrogens is 605 g/mol. The molecule has 2 aromatic rings. The Morgan fingerprint density at radius 3 is 2.02 bits per heavy atom. The van der Waals surface area contributed by atoms with Crippen LogP contribution in [0.2, 0.25) is 10.0 Å². The molecule has 2 atom stereocenters. The number of nitrogens with zero attached hydrogens (tertiary/aromatic N) is 1. The molecule has 0 heterocycles. The summed E-state index contributed by atoms with van der Waals surface area (Å²) < 4.78 is 0. The van der Waals surface area contributed by atoms with Gasteiger partial charge in [-0.2, -0.15) is 0 Å². The number of aliphatic hydroxyl groups excluding tert-OH is 1. The fourth-order valence-corrected chi connectivity index (χ4v) is 3.80. The van der Waals surface area contributed by atoms with Gasteiger partial charge in [-0.1, -0.05) is 62.2 Å². The summed E-state index contributed by atoms with van der Waals surface area (Å²) in [7, 11) is 0. The van der Waals surface area contributed by atoms with Crippen molar-refractivity contribution < 1.29 is 44.1 Å². The summed E-state index contributed by atoms with van der Waals surface area (Å²) in [6, 6.07) is 7.46. The largest absolute Gasteiger partial charge is 0.505 e. The van der Waals surface area contributed by atoms with Crippen molar-refractivity contribution in [2.24, 2.45) is 0 Å². The zero-order valence-corrected chi connectivity index (χ0v) is 26.0. The lowest BCUT2D eigenvalue weighted by molar-refractivity contribution is -0.138. The number of aldehydes is 1. The minimum atomic E-state index is -1.11. The number of halogens is 2. The number of rotatable bonds is 12. The lowest BCUT2D eigenvalue weighted by Crippen LogP contribution is -2.50. The summed E-state index contributed by atoms with van der Waals surface area (Å²) in [4.78, 5) is 69.3. The number of para-hydroxylation sites is 1. The normalized spacial score (nSPS) is 11.3. The summed E-state index contributed by atoms with van der Waals surface area (Å²) in [6.07, 6.45) is 0.293. The average molecular weight is 643 g/mol. The summed E-state index contributed by atoms with van der Waals surface area (Å²) in [5.74, 6) is -3.45. The quantitative estimate of drug-likeness (QED) is 0.216. The van der Waals surface area contributed by atoms with E-state index in [0.29, 0.717) is 12.0 Å². The van der Waals surface area contributed by atoms with E-state index in [0.717, 1.165) is 5.56 Å². The molecule has 3 amide bonds. The number of benzene rings is 2. The van der Waals surface area contributed by atoms with Crippen molar-refractivity contribution in [1.29, 1.82) is 0 Å². The highest BCUT2D eigenvalue weighted by molar-refractivity contribution is 6.37. The first kappa shape index (κ1) is 39.0. The molecule has 2 unspecified atom stereocenters. The number of phenols is 1. The number of hydrogen-bond donors (Lipinski definition) is 5. The Morgan fingerprint density at radius 1 is 1.02 bits per heavy atom. The Kier molecular flexibility index (Phi) is 18.1. The monoisotopic (exact) mass is 641 g/mol. The second-order valence-corrected chi connectivity index (χ2v) is 9.45. The van der Waals surface area contributed by atoms with Gasteiger partial charge in [0.1, 0.15) is 18.9 Å². The fourth-order valence-electron chi connectivity index (χ4n) is 3.31. The van der Waals surface area contributed by atoms with Crippen molar-refractivity contribution in [3.8, 4) is 5.75 Å². The van der Waals surface area contributed by atoms with E-state index in [1.165, 1.54) is 24.0 Å². The molecule has 0 saturated heterocycles. The summed E-state index contributed by atoms with van der Waals surface area (Å²) >= 11 is 11.7. The van der Waals surface area contributed by atoms with E-state index >= 15 is 0 Å². The van der Waals surface area contributed by atoms with Gasteiger partial charge in [-0.3, -0.25) is 24.0 Å². The lowest BCUT2D eigenvalue weighted by atomic mass is 10.1. The predicted octanol–water partition coefficient (Wildman–Crippen LogP) is 3.30. The van der Waals surface area contributed by atoms with E-state index in [9.17, 15) is 39.0 Å². The summed E-state index contributed by atoms with van der Waals surface area (Å²) in [6.45, 7) is 7.76. The number of carbonyl (C=O) groups excluding carboxylic acids is 5. The molecule has 5 N–H and O–H groups in total. The van der Waals surface area contributed by atoms with Crippen molar-refractivity contribution >= 4 is 64.6 Å². The van der Waals surface area contributed by atoms with Crippen LogP contribution in [0.3, 0.4) is 0 Å². The van der Waals surface area contributed by atoms with Gasteiger partial charge in [0, 0.05) is 17.7 Å². The van der Waals surface area contributed by atoms with E-state index < -0.39 is 42.3 Å². The predicted molar refractivity (Wildman–Crippen MR) is 163 cm³/mol. The molecule has 0 fully saturated rings. The number of amides is 3. The first-order valence-corrected chi connectivity index (χ1v) is 13.9. The number of nitrogens with one attached hydrogen (secondary N) is 2. The van der Waals surface area contributed by atoms with Crippen LogP contribution in [0.25, 0.3) is 0 Å². The molecular formula is C29H37Cl2N3O9. The number of aliphatic carboxylic acids is 1. The van der Waals surface area contributed by atoms with Crippen molar-refractivity contribution in [3.63, 3.8) is 0 Å². The zero-order valence-electron chi connectivity index (χ0n) is 24.5. The molecule has 14 heteroatoms. The Labute approximate surface area is 260 Å². The number of aliphatic hydroxyl groups is 1. The molecule has 0 saturated carbocycles. The summed E-state index contributed by atoms with van der Waals surface area (Å²) in [5, 5.41) is 31.8. The van der Waals surface area contributed by atoms with Gasteiger partial charge in [0.25, 0.3) is 11.8 Å². The molecule has 0 spiro atoms. The second-order valence-electron chi connectivity index (χ2n) is 8.64. The topological polar surface area (TPSA) is 190 Å². The van der Waals surface area contributed by atoms with Crippen LogP contribution in [0.5, 0.6) is 5.75 Å². The minimum Gasteiger partial charge on any atom is -0.505 e. The molecule has 236 valence electrons. The van der Waals surface area contributed by atoms with Crippen molar-refractivity contribution in [3.05, 3.63) is 57.6 Å². The van der Waals surface area contributed by atoms with Crippen LogP contribution in [0.15, 0.2) is 36.4 Å². The zero-order chi connectivity index (χ0) is 33.3.